The standard InChI is InChI=1S/C31H29ClN2O5/c1-3-37-30-18-25(12-16-28(30)39-20-22-7-5-4-6-8-22)31(35)34-33-19-24-11-15-27(29(17-24)36-2)38-21-23-9-13-26(32)14-10-23/h4-19H,3,20-21H2,1-2H3,(H,34,35)/b33-19+. The van der Waals surface area contributed by atoms with E-state index in [4.69, 9.17) is 30.5 Å². The summed E-state index contributed by atoms with van der Waals surface area (Å²) >= 11 is 5.94. The van der Waals surface area contributed by atoms with E-state index in [9.17, 15) is 4.79 Å². The summed E-state index contributed by atoms with van der Waals surface area (Å²) in [6, 6.07) is 27.7. The van der Waals surface area contributed by atoms with Crippen LogP contribution in [0.3, 0.4) is 0 Å². The lowest BCUT2D eigenvalue weighted by Crippen LogP contribution is -2.17. The van der Waals surface area contributed by atoms with E-state index in [-0.39, 0.29) is 5.91 Å². The van der Waals surface area contributed by atoms with E-state index in [0.717, 1.165) is 16.7 Å². The number of carbonyl (C=O) groups is 1. The van der Waals surface area contributed by atoms with Crippen LogP contribution in [-0.4, -0.2) is 25.8 Å². The molecular formula is C31H29ClN2O5. The van der Waals surface area contributed by atoms with Crippen molar-refractivity contribution in [2.75, 3.05) is 13.7 Å². The minimum Gasteiger partial charge on any atom is -0.493 e. The van der Waals surface area contributed by atoms with Gasteiger partial charge >= 0.3 is 0 Å². The number of amides is 1. The highest BCUT2D eigenvalue weighted by molar-refractivity contribution is 6.30. The monoisotopic (exact) mass is 544 g/mol. The van der Waals surface area contributed by atoms with Crippen molar-refractivity contribution in [3.63, 3.8) is 0 Å². The molecule has 39 heavy (non-hydrogen) atoms. The van der Waals surface area contributed by atoms with Crippen molar-refractivity contribution in [3.8, 4) is 23.0 Å². The first-order chi connectivity index (χ1) is 19.1. The van der Waals surface area contributed by atoms with Gasteiger partial charge in [0.15, 0.2) is 23.0 Å². The van der Waals surface area contributed by atoms with E-state index < -0.39 is 0 Å². The summed E-state index contributed by atoms with van der Waals surface area (Å²) < 4.78 is 23.0. The van der Waals surface area contributed by atoms with Gasteiger partial charge in [-0.15, -0.1) is 0 Å². The fourth-order valence-corrected chi connectivity index (χ4v) is 3.75. The normalized spacial score (nSPS) is 10.7. The molecule has 0 aliphatic rings. The minimum atomic E-state index is -0.378. The second-order valence-electron chi connectivity index (χ2n) is 8.39. The average molecular weight is 545 g/mol. The number of methoxy groups -OCH3 is 1. The third-order valence-corrected chi connectivity index (χ3v) is 5.87. The molecule has 4 aromatic rings. The summed E-state index contributed by atoms with van der Waals surface area (Å²) in [4.78, 5) is 12.7. The van der Waals surface area contributed by atoms with Crippen LogP contribution >= 0.6 is 11.6 Å². The fourth-order valence-electron chi connectivity index (χ4n) is 3.63. The molecular weight excluding hydrogens is 516 g/mol. The Labute approximate surface area is 232 Å². The topological polar surface area (TPSA) is 78.4 Å². The molecule has 0 unspecified atom stereocenters. The average Bonchev–Trinajstić information content (AvgIpc) is 2.97. The Morgan fingerprint density at radius 2 is 1.46 bits per heavy atom. The zero-order valence-electron chi connectivity index (χ0n) is 21.7. The van der Waals surface area contributed by atoms with Gasteiger partial charge in [-0.05, 0) is 72.1 Å². The second-order valence-corrected chi connectivity index (χ2v) is 8.83. The molecule has 1 amide bonds. The number of nitrogens with zero attached hydrogens (tertiary/aromatic N) is 1. The van der Waals surface area contributed by atoms with E-state index in [1.165, 1.54) is 6.21 Å². The van der Waals surface area contributed by atoms with Crippen molar-refractivity contribution in [3.05, 3.63) is 118 Å². The predicted molar refractivity (Wildman–Crippen MR) is 152 cm³/mol. The van der Waals surface area contributed by atoms with Gasteiger partial charge in [0.2, 0.25) is 0 Å². The lowest BCUT2D eigenvalue weighted by molar-refractivity contribution is 0.0954. The van der Waals surface area contributed by atoms with E-state index >= 15 is 0 Å². The minimum absolute atomic E-state index is 0.372. The molecule has 0 fully saturated rings. The van der Waals surface area contributed by atoms with Gasteiger partial charge in [0.05, 0.1) is 19.9 Å². The highest BCUT2D eigenvalue weighted by Crippen LogP contribution is 2.30. The molecule has 0 aliphatic carbocycles. The summed E-state index contributed by atoms with van der Waals surface area (Å²) in [6.45, 7) is 3.08. The molecule has 0 atom stereocenters. The Balaban J connectivity index is 1.36. The Hall–Kier alpha value is -4.49. The summed E-state index contributed by atoms with van der Waals surface area (Å²) in [5, 5.41) is 4.77. The van der Waals surface area contributed by atoms with Crippen LogP contribution in [-0.2, 0) is 13.2 Å². The quantitative estimate of drug-likeness (QED) is 0.159. The number of hydrogen-bond donors (Lipinski definition) is 1. The maximum atomic E-state index is 12.7. The van der Waals surface area contributed by atoms with Crippen LogP contribution in [0.1, 0.15) is 34.0 Å². The fraction of sp³-hybridized carbons (Fsp3) is 0.161. The van der Waals surface area contributed by atoms with Crippen LogP contribution in [0, 0.1) is 0 Å². The van der Waals surface area contributed by atoms with E-state index in [1.807, 2.05) is 67.6 Å². The number of nitrogens with one attached hydrogen (secondary N) is 1. The third-order valence-electron chi connectivity index (χ3n) is 5.62. The van der Waals surface area contributed by atoms with Crippen LogP contribution < -0.4 is 24.4 Å². The van der Waals surface area contributed by atoms with Gasteiger partial charge in [0.25, 0.3) is 5.91 Å². The summed E-state index contributed by atoms with van der Waals surface area (Å²) in [6.07, 6.45) is 1.53. The Morgan fingerprint density at radius 3 is 2.15 bits per heavy atom. The highest BCUT2D eigenvalue weighted by Gasteiger charge is 2.12. The smallest absolute Gasteiger partial charge is 0.271 e. The summed E-state index contributed by atoms with van der Waals surface area (Å²) in [5.41, 5.74) is 5.69. The molecule has 0 saturated carbocycles. The van der Waals surface area contributed by atoms with Crippen molar-refractivity contribution in [1.82, 2.24) is 5.43 Å². The molecule has 200 valence electrons. The number of carbonyl (C=O) groups excluding carboxylic acids is 1. The first-order valence-electron chi connectivity index (χ1n) is 12.4. The van der Waals surface area contributed by atoms with Crippen molar-refractivity contribution in [1.29, 1.82) is 0 Å². The van der Waals surface area contributed by atoms with Crippen LogP contribution in [0.4, 0.5) is 0 Å². The molecule has 8 heteroatoms. The molecule has 1 N–H and O–H groups in total. The Morgan fingerprint density at radius 1 is 0.795 bits per heavy atom. The molecule has 4 aromatic carbocycles. The Bertz CT molecular complexity index is 1410. The first-order valence-corrected chi connectivity index (χ1v) is 12.8. The van der Waals surface area contributed by atoms with Crippen molar-refractivity contribution in [2.45, 2.75) is 20.1 Å². The van der Waals surface area contributed by atoms with Gasteiger partial charge in [-0.2, -0.15) is 5.10 Å². The number of halogens is 1. The molecule has 0 saturated heterocycles. The summed E-state index contributed by atoms with van der Waals surface area (Å²) in [5.74, 6) is 1.81. The van der Waals surface area contributed by atoms with Gasteiger partial charge in [-0.3, -0.25) is 4.79 Å². The molecule has 0 heterocycles. The van der Waals surface area contributed by atoms with Gasteiger partial charge < -0.3 is 18.9 Å². The number of hydrazone groups is 1. The maximum absolute atomic E-state index is 12.7. The number of rotatable bonds is 12. The van der Waals surface area contributed by atoms with Crippen molar-refractivity contribution >= 4 is 23.7 Å². The van der Waals surface area contributed by atoms with Crippen molar-refractivity contribution < 1.29 is 23.7 Å². The zero-order chi connectivity index (χ0) is 27.5. The number of ether oxygens (including phenoxy) is 4. The SMILES string of the molecule is CCOc1cc(C(=O)N/N=C/c2ccc(OCc3ccc(Cl)cc3)c(OC)c2)ccc1OCc1ccccc1. The van der Waals surface area contributed by atoms with Gasteiger partial charge in [-0.25, -0.2) is 5.43 Å². The largest absolute Gasteiger partial charge is 0.493 e. The second kappa shape index (κ2) is 13.9. The zero-order valence-corrected chi connectivity index (χ0v) is 22.5. The predicted octanol–water partition coefficient (Wildman–Crippen LogP) is 6.67. The molecule has 0 aromatic heterocycles. The van der Waals surface area contributed by atoms with Gasteiger partial charge in [0, 0.05) is 10.6 Å². The molecule has 0 radical (unpaired) electrons. The number of hydrogen-bond acceptors (Lipinski definition) is 6. The highest BCUT2D eigenvalue weighted by atomic mass is 35.5. The lowest BCUT2D eigenvalue weighted by Gasteiger charge is -2.13. The molecule has 7 nitrogen and oxygen atoms in total. The molecule has 0 bridgehead atoms. The van der Waals surface area contributed by atoms with Crippen LogP contribution in [0.25, 0.3) is 0 Å². The lowest BCUT2D eigenvalue weighted by atomic mass is 10.2. The summed E-state index contributed by atoms with van der Waals surface area (Å²) in [7, 11) is 1.57. The Kier molecular flexibility index (Phi) is 9.80. The van der Waals surface area contributed by atoms with E-state index in [1.54, 1.807) is 37.4 Å². The molecule has 4 rings (SSSR count). The molecule has 0 aliphatic heterocycles. The van der Waals surface area contributed by atoms with Crippen LogP contribution in [0.5, 0.6) is 23.0 Å². The molecule has 0 spiro atoms. The van der Waals surface area contributed by atoms with E-state index in [0.29, 0.717) is 53.4 Å². The number of benzene rings is 4. The van der Waals surface area contributed by atoms with E-state index in [2.05, 4.69) is 10.5 Å². The first kappa shape index (κ1) is 27.5. The third kappa shape index (κ3) is 7.99. The van der Waals surface area contributed by atoms with Gasteiger partial charge in [-0.1, -0.05) is 54.1 Å². The van der Waals surface area contributed by atoms with Crippen LogP contribution in [0.2, 0.25) is 5.02 Å². The maximum Gasteiger partial charge on any atom is 0.271 e. The van der Waals surface area contributed by atoms with Crippen LogP contribution in [0.15, 0.2) is 96.1 Å². The van der Waals surface area contributed by atoms with Gasteiger partial charge in [0.1, 0.15) is 13.2 Å². The van der Waals surface area contributed by atoms with Crippen molar-refractivity contribution in [2.24, 2.45) is 5.10 Å².